The van der Waals surface area contributed by atoms with E-state index in [0.717, 1.165) is 33.4 Å². The lowest BCUT2D eigenvalue weighted by Crippen LogP contribution is -2.00. The molecule has 0 bridgehead atoms. The number of fused-ring (bicyclic) bond motifs is 1. The Balaban J connectivity index is 1.32. The fourth-order valence-electron chi connectivity index (χ4n) is 3.09. The number of nitrogens with zero attached hydrogens (tertiary/aromatic N) is 5. The number of nitrogens with one attached hydrogen (secondary N) is 1. The largest absolute Gasteiger partial charge is 0.470 e. The number of ether oxygens (including phenoxy) is 1. The summed E-state index contributed by atoms with van der Waals surface area (Å²) >= 11 is 0. The summed E-state index contributed by atoms with van der Waals surface area (Å²) in [7, 11) is 0. The van der Waals surface area contributed by atoms with Crippen LogP contribution in [0.5, 0.6) is 5.88 Å². The van der Waals surface area contributed by atoms with Crippen LogP contribution in [0, 0.1) is 0 Å². The van der Waals surface area contributed by atoms with Crippen LogP contribution in [0.4, 0.5) is 0 Å². The molecule has 1 N–H and O–H groups in total. The molecule has 29 heavy (non-hydrogen) atoms. The van der Waals surface area contributed by atoms with Gasteiger partial charge in [0.05, 0.1) is 35.5 Å². The highest BCUT2D eigenvalue weighted by Gasteiger charge is 2.12. The summed E-state index contributed by atoms with van der Waals surface area (Å²) in [4.78, 5) is 17.5. The standard InChI is InChI=1S/C22H16N6O/c1-2-4-19-16(3-1)5-6-17(27-19)14-29-21-13-24-20(12-25-21)22-18(11-26-28-22)15-7-9-23-10-8-15/h1-13H,14H2,(H,26,28). The fourth-order valence-corrected chi connectivity index (χ4v) is 3.09. The zero-order valence-electron chi connectivity index (χ0n) is 15.4. The minimum absolute atomic E-state index is 0.325. The maximum absolute atomic E-state index is 5.76. The van der Waals surface area contributed by atoms with E-state index in [9.17, 15) is 0 Å². The molecule has 0 atom stereocenters. The molecule has 0 aliphatic rings. The summed E-state index contributed by atoms with van der Waals surface area (Å²) < 4.78 is 5.76. The second-order valence-electron chi connectivity index (χ2n) is 6.42. The summed E-state index contributed by atoms with van der Waals surface area (Å²) in [6, 6.07) is 15.8. The van der Waals surface area contributed by atoms with Crippen molar-refractivity contribution in [3.05, 3.63) is 85.2 Å². The maximum Gasteiger partial charge on any atom is 0.232 e. The van der Waals surface area contributed by atoms with Gasteiger partial charge >= 0.3 is 0 Å². The van der Waals surface area contributed by atoms with Crippen molar-refractivity contribution in [2.45, 2.75) is 6.61 Å². The van der Waals surface area contributed by atoms with E-state index in [4.69, 9.17) is 4.74 Å². The summed E-state index contributed by atoms with van der Waals surface area (Å²) in [6.45, 7) is 0.325. The van der Waals surface area contributed by atoms with Crippen molar-refractivity contribution in [1.82, 2.24) is 30.1 Å². The van der Waals surface area contributed by atoms with Crippen molar-refractivity contribution in [3.8, 4) is 28.4 Å². The quantitative estimate of drug-likeness (QED) is 0.495. The third-order valence-corrected chi connectivity index (χ3v) is 4.54. The molecular formula is C22H16N6O. The molecule has 0 saturated heterocycles. The van der Waals surface area contributed by atoms with E-state index in [0.29, 0.717) is 18.2 Å². The fraction of sp³-hybridized carbons (Fsp3) is 0.0455. The van der Waals surface area contributed by atoms with Crippen LogP contribution >= 0.6 is 0 Å². The number of benzene rings is 1. The van der Waals surface area contributed by atoms with Gasteiger partial charge in [0, 0.05) is 23.3 Å². The molecule has 0 spiro atoms. The Kier molecular flexibility index (Phi) is 4.38. The Morgan fingerprint density at radius 2 is 1.76 bits per heavy atom. The van der Waals surface area contributed by atoms with Gasteiger partial charge in [-0.05, 0) is 29.8 Å². The van der Waals surface area contributed by atoms with Crippen LogP contribution in [-0.2, 0) is 6.61 Å². The number of aromatic nitrogens is 6. The Hall–Kier alpha value is -4.13. The van der Waals surface area contributed by atoms with Gasteiger partial charge in [0.15, 0.2) is 0 Å². The number of hydrogen-bond acceptors (Lipinski definition) is 6. The zero-order chi connectivity index (χ0) is 19.5. The van der Waals surface area contributed by atoms with Crippen LogP contribution in [-0.4, -0.2) is 30.1 Å². The Morgan fingerprint density at radius 1 is 0.862 bits per heavy atom. The molecule has 4 aromatic heterocycles. The van der Waals surface area contributed by atoms with Gasteiger partial charge in [-0.3, -0.25) is 10.1 Å². The minimum Gasteiger partial charge on any atom is -0.470 e. The lowest BCUT2D eigenvalue weighted by molar-refractivity contribution is 0.288. The molecule has 5 rings (SSSR count). The van der Waals surface area contributed by atoms with Gasteiger partial charge in [0.2, 0.25) is 5.88 Å². The summed E-state index contributed by atoms with van der Waals surface area (Å²) in [5.74, 6) is 0.439. The van der Waals surface area contributed by atoms with E-state index in [1.54, 1.807) is 31.0 Å². The van der Waals surface area contributed by atoms with Crippen molar-refractivity contribution < 1.29 is 4.74 Å². The summed E-state index contributed by atoms with van der Waals surface area (Å²) in [6.07, 6.45) is 8.53. The van der Waals surface area contributed by atoms with Crippen LogP contribution < -0.4 is 4.74 Å². The number of para-hydroxylation sites is 1. The predicted molar refractivity (Wildman–Crippen MR) is 109 cm³/mol. The average molecular weight is 380 g/mol. The first-order valence-corrected chi connectivity index (χ1v) is 9.10. The van der Waals surface area contributed by atoms with Gasteiger partial charge in [-0.1, -0.05) is 24.3 Å². The molecular weight excluding hydrogens is 364 g/mol. The number of hydrogen-bond donors (Lipinski definition) is 1. The molecule has 0 aliphatic carbocycles. The first-order valence-electron chi connectivity index (χ1n) is 9.10. The Labute approximate surface area is 166 Å². The van der Waals surface area contributed by atoms with Gasteiger partial charge in [-0.25, -0.2) is 15.0 Å². The van der Waals surface area contributed by atoms with Gasteiger partial charge in [-0.15, -0.1) is 0 Å². The molecule has 5 aromatic rings. The molecule has 0 amide bonds. The third kappa shape index (κ3) is 3.53. The minimum atomic E-state index is 0.325. The van der Waals surface area contributed by atoms with E-state index in [1.165, 1.54) is 0 Å². The molecule has 7 nitrogen and oxygen atoms in total. The molecule has 0 aliphatic heterocycles. The number of H-pyrrole nitrogens is 1. The molecule has 7 heteroatoms. The van der Waals surface area contributed by atoms with Gasteiger partial charge < -0.3 is 4.74 Å². The molecule has 140 valence electrons. The van der Waals surface area contributed by atoms with Crippen molar-refractivity contribution in [3.63, 3.8) is 0 Å². The first-order chi connectivity index (χ1) is 14.4. The molecule has 0 unspecified atom stereocenters. The van der Waals surface area contributed by atoms with E-state index < -0.39 is 0 Å². The SMILES string of the molecule is c1ccc2nc(COc3cnc(-c4[nH]ncc4-c4ccncc4)cn3)ccc2c1. The van der Waals surface area contributed by atoms with E-state index in [2.05, 4.69) is 30.1 Å². The number of pyridine rings is 2. The highest BCUT2D eigenvalue weighted by atomic mass is 16.5. The zero-order valence-corrected chi connectivity index (χ0v) is 15.4. The molecule has 1 aromatic carbocycles. The monoisotopic (exact) mass is 380 g/mol. The van der Waals surface area contributed by atoms with Crippen LogP contribution in [0.15, 0.2) is 79.5 Å². The van der Waals surface area contributed by atoms with E-state index in [1.807, 2.05) is 48.5 Å². The van der Waals surface area contributed by atoms with Crippen molar-refractivity contribution in [2.24, 2.45) is 0 Å². The summed E-state index contributed by atoms with van der Waals surface area (Å²) in [5.41, 5.74) is 5.21. The van der Waals surface area contributed by atoms with E-state index >= 15 is 0 Å². The first kappa shape index (κ1) is 17.0. The average Bonchev–Trinajstić information content (AvgIpc) is 3.28. The maximum atomic E-state index is 5.76. The van der Waals surface area contributed by atoms with Crippen LogP contribution in [0.2, 0.25) is 0 Å². The topological polar surface area (TPSA) is 89.5 Å². The second kappa shape index (κ2) is 7.47. The lowest BCUT2D eigenvalue weighted by Gasteiger charge is -2.07. The van der Waals surface area contributed by atoms with Crippen molar-refractivity contribution >= 4 is 10.9 Å². The summed E-state index contributed by atoms with van der Waals surface area (Å²) in [5, 5.41) is 8.24. The van der Waals surface area contributed by atoms with Crippen molar-refractivity contribution in [1.29, 1.82) is 0 Å². The second-order valence-corrected chi connectivity index (χ2v) is 6.42. The molecule has 0 fully saturated rings. The lowest BCUT2D eigenvalue weighted by atomic mass is 10.1. The number of rotatable bonds is 5. The van der Waals surface area contributed by atoms with Gasteiger partial charge in [0.1, 0.15) is 12.3 Å². The van der Waals surface area contributed by atoms with Crippen LogP contribution in [0.25, 0.3) is 33.4 Å². The van der Waals surface area contributed by atoms with Gasteiger partial charge in [0.25, 0.3) is 0 Å². The Bertz CT molecular complexity index is 1250. The van der Waals surface area contributed by atoms with Crippen LogP contribution in [0.3, 0.4) is 0 Å². The molecule has 0 saturated carbocycles. The predicted octanol–water partition coefficient (Wildman–Crippen LogP) is 4.06. The van der Waals surface area contributed by atoms with Gasteiger partial charge in [-0.2, -0.15) is 5.10 Å². The third-order valence-electron chi connectivity index (χ3n) is 4.54. The highest BCUT2D eigenvalue weighted by Crippen LogP contribution is 2.28. The molecule has 0 radical (unpaired) electrons. The number of aromatic amines is 1. The Morgan fingerprint density at radius 3 is 2.62 bits per heavy atom. The van der Waals surface area contributed by atoms with Crippen LogP contribution in [0.1, 0.15) is 5.69 Å². The molecule has 4 heterocycles. The normalized spacial score (nSPS) is 10.9. The van der Waals surface area contributed by atoms with E-state index in [-0.39, 0.29) is 0 Å². The smallest absolute Gasteiger partial charge is 0.232 e. The van der Waals surface area contributed by atoms with Crippen molar-refractivity contribution in [2.75, 3.05) is 0 Å². The highest BCUT2D eigenvalue weighted by molar-refractivity contribution is 5.79.